The van der Waals surface area contributed by atoms with Crippen molar-refractivity contribution >= 4 is 34.3 Å². The van der Waals surface area contributed by atoms with Crippen LogP contribution < -0.4 is 5.32 Å². The molecule has 0 saturated carbocycles. The van der Waals surface area contributed by atoms with Crippen molar-refractivity contribution in [2.24, 2.45) is 0 Å². The molecule has 0 atom stereocenters. The van der Waals surface area contributed by atoms with E-state index in [0.29, 0.717) is 6.42 Å². The van der Waals surface area contributed by atoms with Crippen LogP contribution in [-0.4, -0.2) is 10.9 Å². The van der Waals surface area contributed by atoms with E-state index in [9.17, 15) is 4.79 Å². The maximum Gasteiger partial charge on any atom is 0.229 e. The lowest BCUT2D eigenvalue weighted by Gasteiger charge is -2.05. The Kier molecular flexibility index (Phi) is 3.90. The number of rotatable bonds is 4. The van der Waals surface area contributed by atoms with E-state index < -0.39 is 0 Å². The predicted molar refractivity (Wildman–Crippen MR) is 84.2 cm³/mol. The zero-order valence-electron chi connectivity index (χ0n) is 10.6. The molecule has 2 heterocycles. The molecule has 0 aliphatic rings. The first-order valence-electron chi connectivity index (χ1n) is 6.13. The monoisotopic (exact) mass is 300 g/mol. The van der Waals surface area contributed by atoms with Crippen LogP contribution in [-0.2, 0) is 11.2 Å². The van der Waals surface area contributed by atoms with Crippen molar-refractivity contribution in [3.63, 3.8) is 0 Å². The topological polar surface area (TPSA) is 42.0 Å². The second-order valence-electron chi connectivity index (χ2n) is 4.22. The largest absolute Gasteiger partial charge is 0.326 e. The average molecular weight is 300 g/mol. The van der Waals surface area contributed by atoms with E-state index in [1.807, 2.05) is 47.2 Å². The molecule has 0 bridgehead atoms. The minimum absolute atomic E-state index is 0.00875. The van der Waals surface area contributed by atoms with Crippen LogP contribution >= 0.6 is 22.7 Å². The summed E-state index contributed by atoms with van der Waals surface area (Å²) in [6.07, 6.45) is 2.21. The first-order chi connectivity index (χ1) is 9.81. The van der Waals surface area contributed by atoms with Gasteiger partial charge in [-0.3, -0.25) is 4.79 Å². The van der Waals surface area contributed by atoms with Gasteiger partial charge in [-0.25, -0.2) is 4.98 Å². The van der Waals surface area contributed by atoms with Crippen molar-refractivity contribution in [3.05, 3.63) is 58.2 Å². The summed E-state index contributed by atoms with van der Waals surface area (Å²) in [5.41, 5.74) is 1.88. The molecule has 0 spiro atoms. The number of anilines is 1. The molecule has 3 aromatic rings. The summed E-state index contributed by atoms with van der Waals surface area (Å²) in [6, 6.07) is 11.7. The molecule has 0 unspecified atom stereocenters. The van der Waals surface area contributed by atoms with Crippen molar-refractivity contribution in [2.45, 2.75) is 6.42 Å². The summed E-state index contributed by atoms with van der Waals surface area (Å²) in [6.45, 7) is 0. The number of thiazole rings is 1. The van der Waals surface area contributed by atoms with Gasteiger partial charge in [-0.1, -0.05) is 6.07 Å². The third-order valence-electron chi connectivity index (χ3n) is 2.76. The van der Waals surface area contributed by atoms with Crippen molar-refractivity contribution in [3.8, 4) is 10.6 Å². The van der Waals surface area contributed by atoms with E-state index >= 15 is 0 Å². The SMILES string of the molecule is O=C(Cc1cccs1)Nc1ccc(-c2nccs2)cc1. The van der Waals surface area contributed by atoms with Gasteiger partial charge >= 0.3 is 0 Å². The van der Waals surface area contributed by atoms with Crippen molar-refractivity contribution in [1.82, 2.24) is 4.98 Å². The Labute approximate surface area is 124 Å². The molecular weight excluding hydrogens is 288 g/mol. The lowest BCUT2D eigenvalue weighted by atomic mass is 10.2. The minimum atomic E-state index is 0.00875. The number of hydrogen-bond acceptors (Lipinski definition) is 4. The van der Waals surface area contributed by atoms with Crippen LogP contribution in [0.2, 0.25) is 0 Å². The smallest absolute Gasteiger partial charge is 0.229 e. The van der Waals surface area contributed by atoms with Crippen LogP contribution in [0.1, 0.15) is 4.88 Å². The molecule has 20 heavy (non-hydrogen) atoms. The molecule has 0 fully saturated rings. The highest BCUT2D eigenvalue weighted by atomic mass is 32.1. The first kappa shape index (κ1) is 13.0. The maximum atomic E-state index is 11.9. The standard InChI is InChI=1S/C15H12N2OS2/c18-14(10-13-2-1-8-19-13)17-12-5-3-11(4-6-12)15-16-7-9-20-15/h1-9H,10H2,(H,17,18). The Morgan fingerprint density at radius 1 is 1.10 bits per heavy atom. The summed E-state index contributed by atoms with van der Waals surface area (Å²) in [5.74, 6) is 0.00875. The number of aromatic nitrogens is 1. The van der Waals surface area contributed by atoms with Crippen LogP contribution in [0, 0.1) is 0 Å². The molecule has 5 heteroatoms. The van der Waals surface area contributed by atoms with E-state index in [4.69, 9.17) is 0 Å². The van der Waals surface area contributed by atoms with Gasteiger partial charge in [0.25, 0.3) is 0 Å². The normalized spacial score (nSPS) is 10.4. The highest BCUT2D eigenvalue weighted by Gasteiger charge is 2.05. The second-order valence-corrected chi connectivity index (χ2v) is 6.15. The van der Waals surface area contributed by atoms with Crippen molar-refractivity contribution in [2.75, 3.05) is 5.32 Å². The zero-order valence-corrected chi connectivity index (χ0v) is 12.2. The number of thiophene rings is 1. The van der Waals surface area contributed by atoms with E-state index in [0.717, 1.165) is 21.1 Å². The van der Waals surface area contributed by atoms with Gasteiger partial charge in [0.15, 0.2) is 0 Å². The van der Waals surface area contributed by atoms with E-state index in [2.05, 4.69) is 10.3 Å². The average Bonchev–Trinajstić information content (AvgIpc) is 3.12. The molecule has 2 aromatic heterocycles. The molecule has 0 aliphatic heterocycles. The summed E-state index contributed by atoms with van der Waals surface area (Å²) in [4.78, 5) is 17.2. The van der Waals surface area contributed by atoms with Gasteiger partial charge in [-0.05, 0) is 35.7 Å². The van der Waals surface area contributed by atoms with Crippen LogP contribution in [0.15, 0.2) is 53.4 Å². The minimum Gasteiger partial charge on any atom is -0.326 e. The molecule has 0 aliphatic carbocycles. The van der Waals surface area contributed by atoms with Gasteiger partial charge in [0.2, 0.25) is 5.91 Å². The number of hydrogen-bond donors (Lipinski definition) is 1. The number of nitrogens with one attached hydrogen (secondary N) is 1. The molecule has 3 rings (SSSR count). The lowest BCUT2D eigenvalue weighted by Crippen LogP contribution is -2.13. The third kappa shape index (κ3) is 3.12. The molecule has 3 nitrogen and oxygen atoms in total. The number of carbonyl (C=O) groups excluding carboxylic acids is 1. The Bertz CT molecular complexity index is 673. The predicted octanol–water partition coefficient (Wildman–Crippen LogP) is 4.05. The molecule has 1 aromatic carbocycles. The molecule has 100 valence electrons. The van der Waals surface area contributed by atoms with Gasteiger partial charge in [-0.15, -0.1) is 22.7 Å². The van der Waals surface area contributed by atoms with Gasteiger partial charge < -0.3 is 5.32 Å². The number of benzene rings is 1. The van der Waals surface area contributed by atoms with Gasteiger partial charge in [0, 0.05) is 27.7 Å². The molecule has 1 N–H and O–H groups in total. The molecule has 0 radical (unpaired) electrons. The highest BCUT2D eigenvalue weighted by Crippen LogP contribution is 2.23. The lowest BCUT2D eigenvalue weighted by molar-refractivity contribution is -0.115. The Hall–Kier alpha value is -1.98. The Morgan fingerprint density at radius 3 is 2.60 bits per heavy atom. The third-order valence-corrected chi connectivity index (χ3v) is 4.46. The fourth-order valence-electron chi connectivity index (χ4n) is 1.84. The number of carbonyl (C=O) groups is 1. The molecular formula is C15H12N2OS2. The number of nitrogens with zero attached hydrogens (tertiary/aromatic N) is 1. The summed E-state index contributed by atoms with van der Waals surface area (Å²) >= 11 is 3.20. The Morgan fingerprint density at radius 2 is 1.95 bits per heavy atom. The molecule has 0 saturated heterocycles. The Balaban J connectivity index is 1.65. The summed E-state index contributed by atoms with van der Waals surface area (Å²) < 4.78 is 0. The van der Waals surface area contributed by atoms with E-state index in [1.165, 1.54) is 0 Å². The number of amides is 1. The van der Waals surface area contributed by atoms with Crippen LogP contribution in [0.4, 0.5) is 5.69 Å². The van der Waals surface area contributed by atoms with Crippen LogP contribution in [0.5, 0.6) is 0 Å². The summed E-state index contributed by atoms with van der Waals surface area (Å²) in [5, 5.41) is 7.82. The van der Waals surface area contributed by atoms with E-state index in [1.54, 1.807) is 28.9 Å². The van der Waals surface area contributed by atoms with Crippen LogP contribution in [0.3, 0.4) is 0 Å². The van der Waals surface area contributed by atoms with Gasteiger partial charge in [0.05, 0.1) is 6.42 Å². The second kappa shape index (κ2) is 5.98. The van der Waals surface area contributed by atoms with Crippen molar-refractivity contribution in [1.29, 1.82) is 0 Å². The quantitative estimate of drug-likeness (QED) is 0.789. The van der Waals surface area contributed by atoms with Gasteiger partial charge in [-0.2, -0.15) is 0 Å². The fourth-order valence-corrected chi connectivity index (χ4v) is 3.19. The first-order valence-corrected chi connectivity index (χ1v) is 7.89. The maximum absolute atomic E-state index is 11.9. The highest BCUT2D eigenvalue weighted by molar-refractivity contribution is 7.13. The van der Waals surface area contributed by atoms with Crippen LogP contribution in [0.25, 0.3) is 10.6 Å². The zero-order chi connectivity index (χ0) is 13.8. The molecule has 1 amide bonds. The fraction of sp³-hybridized carbons (Fsp3) is 0.0667. The van der Waals surface area contributed by atoms with Crippen molar-refractivity contribution < 1.29 is 4.79 Å². The van der Waals surface area contributed by atoms with E-state index in [-0.39, 0.29) is 5.91 Å². The van der Waals surface area contributed by atoms with Gasteiger partial charge in [0.1, 0.15) is 5.01 Å². The summed E-state index contributed by atoms with van der Waals surface area (Å²) in [7, 11) is 0.